The molecule has 3 heterocycles. The van der Waals surface area contributed by atoms with Crippen molar-refractivity contribution in [3.8, 4) is 0 Å². The average Bonchev–Trinajstić information content (AvgIpc) is 3.36. The lowest BCUT2D eigenvalue weighted by Crippen LogP contribution is -2.24. The third kappa shape index (κ3) is 3.25. The predicted molar refractivity (Wildman–Crippen MR) is 94.8 cm³/mol. The number of nitrogens with zero attached hydrogens (tertiary/aromatic N) is 3. The first-order valence-electron chi connectivity index (χ1n) is 7.85. The summed E-state index contributed by atoms with van der Waals surface area (Å²) in [7, 11) is 0. The Balaban J connectivity index is 1.45. The van der Waals surface area contributed by atoms with E-state index in [9.17, 15) is 9.59 Å². The second-order valence-corrected chi connectivity index (χ2v) is 6.53. The van der Waals surface area contributed by atoms with E-state index in [1.165, 1.54) is 6.07 Å². The Kier molecular flexibility index (Phi) is 4.29. The summed E-state index contributed by atoms with van der Waals surface area (Å²) >= 11 is 3.13. The summed E-state index contributed by atoms with van der Waals surface area (Å²) in [5.41, 5.74) is 0.830. The number of furan rings is 1. The van der Waals surface area contributed by atoms with E-state index >= 15 is 0 Å². The summed E-state index contributed by atoms with van der Waals surface area (Å²) in [5, 5.41) is 10.3. The number of amides is 2. The highest BCUT2D eigenvalue weighted by atomic mass is 79.9. The minimum absolute atomic E-state index is 0.00887. The molecular weight excluding hydrogens is 404 g/mol. The number of aromatic nitrogens is 2. The summed E-state index contributed by atoms with van der Waals surface area (Å²) in [6.07, 6.45) is 0.273. The number of carbonyl (C=O) groups is 2. The number of para-hydroxylation sites is 1. The van der Waals surface area contributed by atoms with Crippen LogP contribution in [-0.2, 0) is 4.79 Å². The van der Waals surface area contributed by atoms with Gasteiger partial charge >= 0.3 is 6.01 Å². The van der Waals surface area contributed by atoms with Crippen LogP contribution in [0.2, 0.25) is 0 Å². The molecule has 0 spiro atoms. The fraction of sp³-hybridized carbons (Fsp3) is 0.176. The summed E-state index contributed by atoms with van der Waals surface area (Å²) in [5.74, 6) is -0.307. The molecule has 1 unspecified atom stereocenters. The number of rotatable bonds is 4. The maximum atomic E-state index is 12.3. The van der Waals surface area contributed by atoms with Crippen LogP contribution in [0.15, 0.2) is 56.0 Å². The van der Waals surface area contributed by atoms with E-state index in [1.807, 2.05) is 30.3 Å². The molecule has 0 radical (unpaired) electrons. The second-order valence-electron chi connectivity index (χ2n) is 5.74. The number of anilines is 2. The van der Waals surface area contributed by atoms with Crippen molar-refractivity contribution >= 4 is 39.4 Å². The predicted octanol–water partition coefficient (Wildman–Crippen LogP) is 3.20. The molecule has 8 nitrogen and oxygen atoms in total. The number of hydrogen-bond donors (Lipinski definition) is 1. The minimum atomic E-state index is -0.501. The summed E-state index contributed by atoms with van der Waals surface area (Å²) in [6, 6.07) is 12.5. The molecule has 1 fully saturated rings. The van der Waals surface area contributed by atoms with Crippen LogP contribution in [0.4, 0.5) is 11.7 Å². The van der Waals surface area contributed by atoms with Gasteiger partial charge < -0.3 is 13.7 Å². The number of carbonyl (C=O) groups excluding carboxylic acids is 2. The maximum absolute atomic E-state index is 12.3. The largest absolute Gasteiger partial charge is 0.444 e. The van der Waals surface area contributed by atoms with E-state index in [4.69, 9.17) is 8.83 Å². The van der Waals surface area contributed by atoms with Crippen LogP contribution < -0.4 is 10.2 Å². The molecule has 1 aromatic carbocycles. The zero-order chi connectivity index (χ0) is 18.1. The molecule has 4 rings (SSSR count). The first-order valence-corrected chi connectivity index (χ1v) is 8.65. The SMILES string of the molecule is O=C(Nc1nnc(C2CC(=O)N(c3ccccc3)C2)o1)c1ccc(Br)o1. The first kappa shape index (κ1) is 16.5. The van der Waals surface area contributed by atoms with Gasteiger partial charge in [0.2, 0.25) is 11.8 Å². The molecule has 0 saturated carbocycles. The summed E-state index contributed by atoms with van der Waals surface area (Å²) < 4.78 is 11.1. The van der Waals surface area contributed by atoms with Crippen LogP contribution in [-0.4, -0.2) is 28.6 Å². The third-order valence-corrected chi connectivity index (χ3v) is 4.43. The average molecular weight is 417 g/mol. The van der Waals surface area contributed by atoms with Crippen molar-refractivity contribution in [2.45, 2.75) is 12.3 Å². The summed E-state index contributed by atoms with van der Waals surface area (Å²) in [6.45, 7) is 0.448. The number of hydrogen-bond acceptors (Lipinski definition) is 6. The van der Waals surface area contributed by atoms with Crippen molar-refractivity contribution in [2.24, 2.45) is 0 Å². The Morgan fingerprint density at radius 2 is 1.96 bits per heavy atom. The van der Waals surface area contributed by atoms with E-state index in [0.717, 1.165) is 5.69 Å². The van der Waals surface area contributed by atoms with Gasteiger partial charge in [0.1, 0.15) is 0 Å². The molecule has 1 N–H and O–H groups in total. The van der Waals surface area contributed by atoms with Crippen molar-refractivity contribution in [1.82, 2.24) is 10.2 Å². The summed E-state index contributed by atoms with van der Waals surface area (Å²) in [4.78, 5) is 26.0. The number of nitrogens with one attached hydrogen (secondary N) is 1. The van der Waals surface area contributed by atoms with Gasteiger partial charge in [-0.05, 0) is 40.2 Å². The minimum Gasteiger partial charge on any atom is -0.444 e. The fourth-order valence-corrected chi connectivity index (χ4v) is 3.08. The van der Waals surface area contributed by atoms with Gasteiger partial charge in [0, 0.05) is 18.7 Å². The molecule has 26 heavy (non-hydrogen) atoms. The van der Waals surface area contributed by atoms with E-state index in [2.05, 4.69) is 31.4 Å². The maximum Gasteiger partial charge on any atom is 0.322 e. The van der Waals surface area contributed by atoms with Crippen LogP contribution >= 0.6 is 15.9 Å². The molecule has 1 aliphatic heterocycles. The molecule has 0 aliphatic carbocycles. The Bertz CT molecular complexity index is 953. The fourth-order valence-electron chi connectivity index (χ4n) is 2.78. The van der Waals surface area contributed by atoms with Gasteiger partial charge in [-0.1, -0.05) is 23.3 Å². The smallest absolute Gasteiger partial charge is 0.322 e. The molecule has 9 heteroatoms. The molecule has 1 atom stereocenters. The Morgan fingerprint density at radius 3 is 2.69 bits per heavy atom. The molecule has 0 bridgehead atoms. The second kappa shape index (κ2) is 6.75. The Labute approximate surface area is 156 Å². The van der Waals surface area contributed by atoms with Gasteiger partial charge in [0.25, 0.3) is 5.91 Å². The van der Waals surface area contributed by atoms with Crippen molar-refractivity contribution in [2.75, 3.05) is 16.8 Å². The zero-order valence-corrected chi connectivity index (χ0v) is 15.0. The van der Waals surface area contributed by atoms with Gasteiger partial charge in [-0.25, -0.2) is 0 Å². The van der Waals surface area contributed by atoms with Gasteiger partial charge in [-0.2, -0.15) is 0 Å². The topological polar surface area (TPSA) is 101 Å². The van der Waals surface area contributed by atoms with Gasteiger partial charge in [-0.3, -0.25) is 14.9 Å². The van der Waals surface area contributed by atoms with E-state index in [-0.39, 0.29) is 30.0 Å². The van der Waals surface area contributed by atoms with E-state index < -0.39 is 5.91 Å². The normalized spacial score (nSPS) is 16.9. The lowest BCUT2D eigenvalue weighted by Gasteiger charge is -2.15. The van der Waals surface area contributed by atoms with Crippen molar-refractivity contribution in [3.63, 3.8) is 0 Å². The van der Waals surface area contributed by atoms with Crippen LogP contribution in [0.3, 0.4) is 0 Å². The highest BCUT2D eigenvalue weighted by Gasteiger charge is 2.35. The molecule has 1 saturated heterocycles. The van der Waals surface area contributed by atoms with Gasteiger partial charge in [-0.15, -0.1) is 5.10 Å². The van der Waals surface area contributed by atoms with Gasteiger partial charge in [0.05, 0.1) is 5.92 Å². The first-order chi connectivity index (χ1) is 12.6. The highest BCUT2D eigenvalue weighted by Crippen LogP contribution is 2.31. The number of halogens is 1. The Hall–Kier alpha value is -2.94. The molecular formula is C17H13BrN4O4. The monoisotopic (exact) mass is 416 g/mol. The lowest BCUT2D eigenvalue weighted by atomic mass is 10.1. The van der Waals surface area contributed by atoms with Crippen LogP contribution in [0.5, 0.6) is 0 Å². The quantitative estimate of drug-likeness (QED) is 0.700. The van der Waals surface area contributed by atoms with Crippen molar-refractivity contribution < 1.29 is 18.4 Å². The molecule has 3 aromatic rings. The van der Waals surface area contributed by atoms with Gasteiger partial charge in [0.15, 0.2) is 10.4 Å². The van der Waals surface area contributed by atoms with Crippen LogP contribution in [0.25, 0.3) is 0 Å². The highest BCUT2D eigenvalue weighted by molar-refractivity contribution is 9.10. The number of benzene rings is 1. The van der Waals surface area contributed by atoms with Crippen LogP contribution in [0, 0.1) is 0 Å². The lowest BCUT2D eigenvalue weighted by molar-refractivity contribution is -0.117. The third-order valence-electron chi connectivity index (χ3n) is 4.00. The molecule has 2 amide bonds. The van der Waals surface area contributed by atoms with Crippen LogP contribution in [0.1, 0.15) is 28.8 Å². The molecule has 1 aliphatic rings. The standard InChI is InChI=1S/C17H13BrN4O4/c18-13-7-6-12(25-13)15(24)19-17-21-20-16(26-17)10-8-14(23)22(9-10)11-4-2-1-3-5-11/h1-7,10H,8-9H2,(H,19,21,24). The molecule has 132 valence electrons. The Morgan fingerprint density at radius 1 is 1.15 bits per heavy atom. The van der Waals surface area contributed by atoms with E-state index in [0.29, 0.717) is 17.1 Å². The van der Waals surface area contributed by atoms with Crippen molar-refractivity contribution in [1.29, 1.82) is 0 Å². The van der Waals surface area contributed by atoms with Crippen molar-refractivity contribution in [3.05, 3.63) is 58.8 Å². The van der Waals surface area contributed by atoms with E-state index in [1.54, 1.807) is 11.0 Å². The molecule has 2 aromatic heterocycles. The zero-order valence-electron chi connectivity index (χ0n) is 13.4.